The van der Waals surface area contributed by atoms with Gasteiger partial charge in [-0.25, -0.2) is 14.4 Å². The number of carbonyl (C=O) groups is 6. The molecule has 1 fully saturated rings. The topological polar surface area (TPSA) is 208 Å². The molecule has 2 aromatic carbocycles. The number of rotatable bonds is 20. The van der Waals surface area contributed by atoms with Crippen LogP contribution in [0.2, 0.25) is 0 Å². The number of imide groups is 1. The van der Waals surface area contributed by atoms with E-state index in [4.69, 9.17) is 28.8 Å². The van der Waals surface area contributed by atoms with Crippen molar-refractivity contribution in [1.29, 1.82) is 0 Å². The summed E-state index contributed by atoms with van der Waals surface area (Å²) in [4.78, 5) is 68.9. The van der Waals surface area contributed by atoms with Crippen molar-refractivity contribution in [3.8, 4) is 0 Å². The molecule has 1 heterocycles. The highest BCUT2D eigenvalue weighted by molar-refractivity contribution is 6.01. The minimum absolute atomic E-state index is 0.117. The van der Waals surface area contributed by atoms with E-state index in [2.05, 4.69) is 16.0 Å². The van der Waals surface area contributed by atoms with Crippen molar-refractivity contribution in [3.63, 3.8) is 0 Å². The first-order valence-electron chi connectivity index (χ1n) is 15.2. The van der Waals surface area contributed by atoms with Crippen LogP contribution in [0.1, 0.15) is 24.0 Å². The summed E-state index contributed by atoms with van der Waals surface area (Å²) in [6, 6.07) is 18.5. The number of carboxylic acid groups (broad SMARTS) is 1. The predicted molar refractivity (Wildman–Crippen MR) is 168 cm³/mol. The van der Waals surface area contributed by atoms with Crippen molar-refractivity contribution in [2.75, 3.05) is 65.8 Å². The molecule has 0 atom stereocenters. The van der Waals surface area contributed by atoms with E-state index >= 15 is 0 Å². The third-order valence-electron chi connectivity index (χ3n) is 6.13. The van der Waals surface area contributed by atoms with Crippen molar-refractivity contribution in [2.24, 2.45) is 0 Å². The normalized spacial score (nSPS) is 11.8. The molecule has 0 aliphatic carbocycles. The summed E-state index contributed by atoms with van der Waals surface area (Å²) in [7, 11) is 0. The van der Waals surface area contributed by atoms with Crippen LogP contribution in [0.25, 0.3) is 0 Å². The van der Waals surface area contributed by atoms with Gasteiger partial charge in [0, 0.05) is 39.0 Å². The minimum atomic E-state index is -1.06. The molecule has 0 saturated carbocycles. The Labute approximate surface area is 278 Å². The van der Waals surface area contributed by atoms with Gasteiger partial charge in [0.1, 0.15) is 26.4 Å². The molecule has 1 saturated heterocycles. The summed E-state index contributed by atoms with van der Waals surface area (Å²) in [5.74, 6) is -1.71. The number of hydrogen-bond donors (Lipinski definition) is 4. The van der Waals surface area contributed by atoms with E-state index in [1.165, 1.54) is 4.90 Å². The number of carboxylic acids is 1. The van der Waals surface area contributed by atoms with Gasteiger partial charge < -0.3 is 44.3 Å². The first-order chi connectivity index (χ1) is 23.2. The maximum atomic E-state index is 12.8. The number of aliphatic carboxylic acids is 1. The molecule has 1 aliphatic rings. The summed E-state index contributed by atoms with van der Waals surface area (Å²) in [6.45, 7) is 0.780. The molecule has 48 heavy (non-hydrogen) atoms. The van der Waals surface area contributed by atoms with Gasteiger partial charge in [-0.3, -0.25) is 19.7 Å². The molecule has 1 aliphatic heterocycles. The van der Waals surface area contributed by atoms with E-state index in [0.29, 0.717) is 12.8 Å². The van der Waals surface area contributed by atoms with Crippen LogP contribution in [0, 0.1) is 0 Å². The highest BCUT2D eigenvalue weighted by atomic mass is 16.6. The average Bonchev–Trinajstić information content (AvgIpc) is 3.47. The molecule has 0 radical (unpaired) electrons. The predicted octanol–water partition coefficient (Wildman–Crippen LogP) is 1.23. The Bertz CT molecular complexity index is 1200. The molecule has 262 valence electrons. The van der Waals surface area contributed by atoms with E-state index in [0.717, 1.165) is 11.1 Å². The van der Waals surface area contributed by atoms with Gasteiger partial charge in [0.15, 0.2) is 0 Å². The van der Waals surface area contributed by atoms with E-state index in [-0.39, 0.29) is 90.1 Å². The molecular formula is C32H42N4O12. The Hall–Kier alpha value is -5.06. The smallest absolute Gasteiger partial charge is 0.407 e. The van der Waals surface area contributed by atoms with Crippen LogP contribution in [-0.2, 0) is 56.1 Å². The standard InChI is InChI=1S/C28H37N3O10.C4H5NO2/c32-25(21-38-17-15-37-16-18-39-22-26(33)34)31(13-11-29-27(35)40-19-23-7-3-1-4-8-23)14-12-30-28(36)41-20-24-9-5-2-6-10-24;6-3-1-2-4(7)5-3/h1-10H,11-22H2,(H,29,35)(H,30,36)(H,33,34);1-2H2,(H,5,6,7). The number of alkyl carbamates (subject to hydrolysis) is 2. The Morgan fingerprint density at radius 3 is 1.52 bits per heavy atom. The second kappa shape index (κ2) is 24.2. The molecular weight excluding hydrogens is 632 g/mol. The molecule has 16 nitrogen and oxygen atoms in total. The zero-order chi connectivity index (χ0) is 34.8. The second-order valence-corrected chi connectivity index (χ2v) is 9.94. The van der Waals surface area contributed by atoms with Crippen LogP contribution in [0.3, 0.4) is 0 Å². The van der Waals surface area contributed by atoms with E-state index in [9.17, 15) is 28.8 Å². The summed E-state index contributed by atoms with van der Waals surface area (Å²) in [5.41, 5.74) is 1.69. The van der Waals surface area contributed by atoms with Gasteiger partial charge in [-0.15, -0.1) is 0 Å². The number of hydrogen-bond acceptors (Lipinski definition) is 11. The van der Waals surface area contributed by atoms with Crippen LogP contribution < -0.4 is 16.0 Å². The first kappa shape index (κ1) is 39.1. The zero-order valence-corrected chi connectivity index (χ0v) is 26.6. The molecule has 0 bridgehead atoms. The number of ether oxygens (including phenoxy) is 5. The summed E-state index contributed by atoms with van der Waals surface area (Å²) < 4.78 is 25.8. The fourth-order valence-electron chi connectivity index (χ4n) is 3.75. The third kappa shape index (κ3) is 19.5. The van der Waals surface area contributed by atoms with Crippen molar-refractivity contribution < 1.29 is 57.6 Å². The number of nitrogens with zero attached hydrogens (tertiary/aromatic N) is 1. The highest BCUT2D eigenvalue weighted by Crippen LogP contribution is 2.02. The second-order valence-electron chi connectivity index (χ2n) is 9.94. The SMILES string of the molecule is O=C(O)COCCOCCOCC(=O)N(CCNC(=O)OCc1ccccc1)CCNC(=O)OCc1ccccc1.O=C1CCC(=O)N1. The Morgan fingerprint density at radius 1 is 0.667 bits per heavy atom. The summed E-state index contributed by atoms with van der Waals surface area (Å²) >= 11 is 0. The first-order valence-corrected chi connectivity index (χ1v) is 15.2. The quantitative estimate of drug-likeness (QED) is 0.116. The van der Waals surface area contributed by atoms with Gasteiger partial charge in [0.25, 0.3) is 0 Å². The Morgan fingerprint density at radius 2 is 1.10 bits per heavy atom. The zero-order valence-electron chi connectivity index (χ0n) is 26.6. The molecule has 0 spiro atoms. The molecule has 16 heteroatoms. The maximum absolute atomic E-state index is 12.8. The lowest BCUT2D eigenvalue weighted by molar-refractivity contribution is -0.142. The van der Waals surface area contributed by atoms with Gasteiger partial charge in [-0.05, 0) is 11.1 Å². The fourth-order valence-corrected chi connectivity index (χ4v) is 3.75. The van der Waals surface area contributed by atoms with Gasteiger partial charge in [-0.1, -0.05) is 60.7 Å². The van der Waals surface area contributed by atoms with E-state index in [1.807, 2.05) is 60.7 Å². The highest BCUT2D eigenvalue weighted by Gasteiger charge is 2.16. The lowest BCUT2D eigenvalue weighted by Gasteiger charge is -2.23. The Balaban J connectivity index is 0.00000101. The summed E-state index contributed by atoms with van der Waals surface area (Å²) in [5, 5.41) is 15.9. The minimum Gasteiger partial charge on any atom is -0.480 e. The molecule has 3 rings (SSSR count). The van der Waals surface area contributed by atoms with E-state index in [1.54, 1.807) is 0 Å². The van der Waals surface area contributed by atoms with Crippen molar-refractivity contribution in [2.45, 2.75) is 26.1 Å². The summed E-state index contributed by atoms with van der Waals surface area (Å²) in [6.07, 6.45) is -0.494. The third-order valence-corrected chi connectivity index (χ3v) is 6.13. The van der Waals surface area contributed by atoms with E-state index < -0.39 is 24.8 Å². The Kier molecular flexibility index (Phi) is 19.7. The van der Waals surface area contributed by atoms with Crippen LogP contribution in [-0.4, -0.2) is 112 Å². The van der Waals surface area contributed by atoms with Gasteiger partial charge >= 0.3 is 18.2 Å². The van der Waals surface area contributed by atoms with Gasteiger partial charge in [0.2, 0.25) is 17.7 Å². The van der Waals surface area contributed by atoms with Crippen molar-refractivity contribution in [3.05, 3.63) is 71.8 Å². The fraction of sp³-hybridized carbons (Fsp3) is 0.438. The molecule has 0 unspecified atom stereocenters. The van der Waals surface area contributed by atoms with Gasteiger partial charge in [-0.2, -0.15) is 0 Å². The molecule has 2 aromatic rings. The van der Waals surface area contributed by atoms with Gasteiger partial charge in [0.05, 0.1) is 26.4 Å². The lowest BCUT2D eigenvalue weighted by Crippen LogP contribution is -2.44. The number of amides is 5. The van der Waals surface area contributed by atoms with Crippen LogP contribution in [0.15, 0.2) is 60.7 Å². The number of benzene rings is 2. The number of nitrogens with one attached hydrogen (secondary N) is 3. The lowest BCUT2D eigenvalue weighted by atomic mass is 10.2. The van der Waals surface area contributed by atoms with Crippen LogP contribution >= 0.6 is 0 Å². The van der Waals surface area contributed by atoms with Crippen molar-refractivity contribution >= 4 is 35.9 Å². The molecule has 4 N–H and O–H groups in total. The molecule has 5 amide bonds. The van der Waals surface area contributed by atoms with Crippen LogP contribution in [0.4, 0.5) is 9.59 Å². The number of carbonyl (C=O) groups excluding carboxylic acids is 5. The van der Waals surface area contributed by atoms with Crippen molar-refractivity contribution in [1.82, 2.24) is 20.9 Å². The monoisotopic (exact) mass is 674 g/mol. The maximum Gasteiger partial charge on any atom is 0.407 e. The van der Waals surface area contributed by atoms with Crippen LogP contribution in [0.5, 0.6) is 0 Å². The molecule has 0 aromatic heterocycles. The average molecular weight is 675 g/mol. The largest absolute Gasteiger partial charge is 0.480 e.